The molecule has 0 aromatic heterocycles. The molecular weight excluding hydrogens is 448 g/mol. The van der Waals surface area contributed by atoms with Crippen LogP contribution < -0.4 is 0 Å². The number of hydrogen-bond acceptors (Lipinski definition) is 2. The Morgan fingerprint density at radius 3 is 1.36 bits per heavy atom. The van der Waals surface area contributed by atoms with Gasteiger partial charge in [0, 0.05) is 0 Å². The largest absolute Gasteiger partial charge is 0.478 e. The highest BCUT2D eigenvalue weighted by atomic mass is 16.4. The van der Waals surface area contributed by atoms with Crippen LogP contribution in [0.3, 0.4) is 0 Å². The van der Waals surface area contributed by atoms with Crippen molar-refractivity contribution in [3.63, 3.8) is 0 Å². The van der Waals surface area contributed by atoms with Gasteiger partial charge in [-0.05, 0) is 36.6 Å². The molecule has 4 nitrogen and oxygen atoms in total. The Balaban J connectivity index is 0.000000600. The number of unbranched alkanes of at least 4 members (excludes halogenated alkanes) is 15. The van der Waals surface area contributed by atoms with Gasteiger partial charge >= 0.3 is 11.9 Å². The van der Waals surface area contributed by atoms with Crippen LogP contribution in [0.5, 0.6) is 0 Å². The van der Waals surface area contributed by atoms with Crippen LogP contribution in [0.25, 0.3) is 0 Å². The van der Waals surface area contributed by atoms with Crippen molar-refractivity contribution in [1.29, 1.82) is 0 Å². The summed E-state index contributed by atoms with van der Waals surface area (Å²) in [6, 6.07) is 15.7. The lowest BCUT2D eigenvalue weighted by atomic mass is 10.00. The molecule has 0 fully saturated rings. The summed E-state index contributed by atoms with van der Waals surface area (Å²) in [5, 5.41) is 17.6. The van der Waals surface area contributed by atoms with Crippen LogP contribution in [-0.4, -0.2) is 22.2 Å². The fourth-order valence-electron chi connectivity index (χ4n) is 4.39. The second-order valence-corrected chi connectivity index (χ2v) is 9.69. The number of carboxylic acid groups (broad SMARTS) is 2. The Morgan fingerprint density at radius 1 is 0.528 bits per heavy atom. The highest BCUT2D eigenvalue weighted by Crippen LogP contribution is 2.16. The smallest absolute Gasteiger partial charge is 0.335 e. The zero-order valence-electron chi connectivity index (χ0n) is 22.4. The Morgan fingerprint density at radius 2 is 0.944 bits per heavy atom. The number of hydrogen-bond donors (Lipinski definition) is 2. The Bertz CT molecular complexity index is 816. The van der Waals surface area contributed by atoms with Crippen molar-refractivity contribution in [2.45, 2.75) is 116 Å². The van der Waals surface area contributed by atoms with E-state index in [1.807, 2.05) is 12.1 Å². The third kappa shape index (κ3) is 16.1. The summed E-state index contributed by atoms with van der Waals surface area (Å²) in [7, 11) is 0. The van der Waals surface area contributed by atoms with Gasteiger partial charge in [0.15, 0.2) is 0 Å². The number of aryl methyl sites for hydroxylation is 1. The van der Waals surface area contributed by atoms with Gasteiger partial charge < -0.3 is 10.2 Å². The molecule has 0 bridgehead atoms. The average Bonchev–Trinajstić information content (AvgIpc) is 2.89. The van der Waals surface area contributed by atoms with E-state index in [2.05, 4.69) is 6.92 Å². The molecule has 0 radical (unpaired) electrons. The predicted octanol–water partition coefficient (Wildman–Crippen LogP) is 9.57. The summed E-state index contributed by atoms with van der Waals surface area (Å²) in [4.78, 5) is 21.4. The molecule has 0 aliphatic carbocycles. The van der Waals surface area contributed by atoms with Crippen LogP contribution >= 0.6 is 0 Å². The average molecular weight is 497 g/mol. The van der Waals surface area contributed by atoms with Gasteiger partial charge in [0.1, 0.15) is 0 Å². The van der Waals surface area contributed by atoms with Crippen LogP contribution in [0.15, 0.2) is 54.6 Å². The first-order valence-electron chi connectivity index (χ1n) is 14.2. The molecule has 0 saturated carbocycles. The van der Waals surface area contributed by atoms with Gasteiger partial charge in [-0.2, -0.15) is 0 Å². The zero-order valence-corrected chi connectivity index (χ0v) is 22.4. The normalized spacial score (nSPS) is 10.5. The maximum atomic E-state index is 11.2. The van der Waals surface area contributed by atoms with E-state index in [1.54, 1.807) is 42.5 Å². The van der Waals surface area contributed by atoms with E-state index < -0.39 is 11.9 Å². The molecule has 200 valence electrons. The van der Waals surface area contributed by atoms with Crippen LogP contribution in [0.4, 0.5) is 0 Å². The van der Waals surface area contributed by atoms with E-state index in [0.29, 0.717) is 11.1 Å². The summed E-state index contributed by atoms with van der Waals surface area (Å²) in [6.07, 6.45) is 22.8. The number of rotatable bonds is 19. The van der Waals surface area contributed by atoms with E-state index >= 15 is 0 Å². The molecule has 0 amide bonds. The Labute approximate surface area is 219 Å². The summed E-state index contributed by atoms with van der Waals surface area (Å²) >= 11 is 0. The number of carboxylic acids is 2. The fourth-order valence-corrected chi connectivity index (χ4v) is 4.39. The number of benzene rings is 2. The summed E-state index contributed by atoms with van der Waals surface area (Å²) in [5.74, 6) is -1.68. The van der Waals surface area contributed by atoms with Gasteiger partial charge in [0.05, 0.1) is 11.1 Å². The van der Waals surface area contributed by atoms with Crippen molar-refractivity contribution in [3.8, 4) is 0 Å². The summed E-state index contributed by atoms with van der Waals surface area (Å²) in [6.45, 7) is 2.28. The Hall–Kier alpha value is -2.62. The van der Waals surface area contributed by atoms with Crippen molar-refractivity contribution in [3.05, 3.63) is 71.3 Å². The molecule has 0 heterocycles. The second kappa shape index (κ2) is 21.6. The standard InChI is InChI=1S/C25H42O2.C7H6O2/c1-2-3-4-5-6-7-8-9-10-11-12-13-14-15-16-17-20-23-21-18-19-22-24(23)25(26)27;8-7(9)6-4-2-1-3-5-6/h18-19,21-22H,2-17,20H2,1H3,(H,26,27);1-5H,(H,8,9). The third-order valence-electron chi connectivity index (χ3n) is 6.57. The van der Waals surface area contributed by atoms with Gasteiger partial charge in [0.25, 0.3) is 0 Å². The minimum atomic E-state index is -0.879. The topological polar surface area (TPSA) is 74.6 Å². The molecule has 2 N–H and O–H groups in total. The van der Waals surface area contributed by atoms with Gasteiger partial charge in [-0.25, -0.2) is 9.59 Å². The lowest BCUT2D eigenvalue weighted by Gasteiger charge is -2.06. The van der Waals surface area contributed by atoms with E-state index in [1.165, 1.54) is 96.3 Å². The van der Waals surface area contributed by atoms with Crippen molar-refractivity contribution in [2.75, 3.05) is 0 Å². The maximum absolute atomic E-state index is 11.2. The number of carbonyl (C=O) groups is 2. The van der Waals surface area contributed by atoms with Crippen molar-refractivity contribution in [1.82, 2.24) is 0 Å². The first-order valence-corrected chi connectivity index (χ1v) is 14.2. The minimum absolute atomic E-state index is 0.331. The third-order valence-corrected chi connectivity index (χ3v) is 6.57. The quantitative estimate of drug-likeness (QED) is 0.190. The fraction of sp³-hybridized carbons (Fsp3) is 0.562. The van der Waals surface area contributed by atoms with Crippen LogP contribution in [-0.2, 0) is 6.42 Å². The predicted molar refractivity (Wildman–Crippen MR) is 150 cm³/mol. The van der Waals surface area contributed by atoms with Gasteiger partial charge in [0.2, 0.25) is 0 Å². The van der Waals surface area contributed by atoms with Crippen molar-refractivity contribution >= 4 is 11.9 Å². The van der Waals surface area contributed by atoms with Gasteiger partial charge in [-0.15, -0.1) is 0 Å². The molecule has 0 aliphatic rings. The molecular formula is C32H48O4. The van der Waals surface area contributed by atoms with Gasteiger partial charge in [-0.3, -0.25) is 0 Å². The van der Waals surface area contributed by atoms with Crippen LogP contribution in [0, 0.1) is 0 Å². The molecule has 0 atom stereocenters. The Kier molecular flexibility index (Phi) is 18.9. The van der Waals surface area contributed by atoms with E-state index in [-0.39, 0.29) is 0 Å². The number of aromatic carboxylic acids is 2. The summed E-state index contributed by atoms with van der Waals surface area (Å²) in [5.41, 5.74) is 1.78. The minimum Gasteiger partial charge on any atom is -0.478 e. The van der Waals surface area contributed by atoms with E-state index in [9.17, 15) is 14.7 Å². The maximum Gasteiger partial charge on any atom is 0.335 e. The van der Waals surface area contributed by atoms with Crippen LogP contribution in [0.1, 0.15) is 136 Å². The first kappa shape index (κ1) is 31.4. The van der Waals surface area contributed by atoms with E-state index in [0.717, 1.165) is 18.4 Å². The highest BCUT2D eigenvalue weighted by molar-refractivity contribution is 5.89. The van der Waals surface area contributed by atoms with Crippen molar-refractivity contribution in [2.24, 2.45) is 0 Å². The second-order valence-electron chi connectivity index (χ2n) is 9.69. The SMILES string of the molecule is CCCCCCCCCCCCCCCCCCc1ccccc1C(=O)O.O=C(O)c1ccccc1. The summed E-state index contributed by atoms with van der Waals surface area (Å²) < 4.78 is 0. The molecule has 0 aliphatic heterocycles. The molecule has 4 heteroatoms. The molecule has 0 unspecified atom stereocenters. The lowest BCUT2D eigenvalue weighted by molar-refractivity contribution is 0.0685. The molecule has 2 rings (SSSR count). The van der Waals surface area contributed by atoms with Crippen molar-refractivity contribution < 1.29 is 19.8 Å². The molecule has 2 aromatic carbocycles. The van der Waals surface area contributed by atoms with E-state index in [4.69, 9.17) is 5.11 Å². The molecule has 36 heavy (non-hydrogen) atoms. The van der Waals surface area contributed by atoms with Crippen LogP contribution in [0.2, 0.25) is 0 Å². The first-order chi connectivity index (χ1) is 17.6. The lowest BCUT2D eigenvalue weighted by Crippen LogP contribution is -2.02. The van der Waals surface area contributed by atoms with Gasteiger partial charge in [-0.1, -0.05) is 140 Å². The molecule has 0 spiro atoms. The highest BCUT2D eigenvalue weighted by Gasteiger charge is 2.08. The monoisotopic (exact) mass is 496 g/mol. The zero-order chi connectivity index (χ0) is 26.3. The molecule has 2 aromatic rings. The molecule has 0 saturated heterocycles.